The summed E-state index contributed by atoms with van der Waals surface area (Å²) in [5.41, 5.74) is 12.5. The Labute approximate surface area is 394 Å². The molecular weight excluding hydrogens is 829 g/mol. The van der Waals surface area contributed by atoms with Crippen molar-refractivity contribution in [2.45, 2.75) is 39.5 Å². The molecule has 11 aromatic carbocycles. The minimum Gasteiger partial charge on any atom is -0.456 e. The van der Waals surface area contributed by atoms with Gasteiger partial charge in [-0.25, -0.2) is 0 Å². The highest BCUT2D eigenvalue weighted by Gasteiger charge is 2.25. The van der Waals surface area contributed by atoms with Crippen molar-refractivity contribution < 1.29 is 8.83 Å². The molecule has 0 unspecified atom stereocenters. The van der Waals surface area contributed by atoms with E-state index in [9.17, 15) is 0 Å². The van der Waals surface area contributed by atoms with Crippen molar-refractivity contribution in [1.29, 1.82) is 0 Å². The normalized spacial score (nSPS) is 12.1. The molecular formula is C64H48N2O2. The Kier molecular flexibility index (Phi) is 9.20. The predicted octanol–water partition coefficient (Wildman–Crippen LogP) is 19.3. The van der Waals surface area contributed by atoms with Crippen molar-refractivity contribution in [2.24, 2.45) is 0 Å². The fourth-order valence-corrected chi connectivity index (χ4v) is 10.7. The Balaban J connectivity index is 1.04. The van der Waals surface area contributed by atoms with E-state index in [0.29, 0.717) is 11.8 Å². The number of nitrogens with zero attached hydrogens (tertiary/aromatic N) is 2. The quantitative estimate of drug-likeness (QED) is 0.152. The first-order valence-corrected chi connectivity index (χ1v) is 23.8. The molecule has 0 fully saturated rings. The van der Waals surface area contributed by atoms with Crippen molar-refractivity contribution in [2.75, 3.05) is 9.80 Å². The number of furan rings is 2. The lowest BCUT2D eigenvalue weighted by Gasteiger charge is -2.28. The van der Waals surface area contributed by atoms with Gasteiger partial charge in [0, 0.05) is 66.6 Å². The molecule has 0 saturated heterocycles. The highest BCUT2D eigenvalue weighted by molar-refractivity contribution is 6.28. The van der Waals surface area contributed by atoms with Crippen molar-refractivity contribution in [3.8, 4) is 0 Å². The van der Waals surface area contributed by atoms with Crippen LogP contribution in [0.5, 0.6) is 0 Å². The van der Waals surface area contributed by atoms with Gasteiger partial charge in [-0.05, 0) is 93.0 Å². The Morgan fingerprint density at radius 2 is 0.647 bits per heavy atom. The first-order chi connectivity index (χ1) is 33.4. The van der Waals surface area contributed by atoms with Crippen LogP contribution in [0, 0.1) is 0 Å². The summed E-state index contributed by atoms with van der Waals surface area (Å²) in [7, 11) is 0. The standard InChI is InChI=1S/C64H48N2O2/c1-39(2)41-27-31-45(32-28-41)65(55-25-13-17-43-15-5-7-19-47(43)55)57-37-61-63(51-23-11-9-21-49(51)57)53-35-60-54(36-59(53)67-61)64-52-24-12-10-22-50(52)58(38-62(64)68-60)66(46-33-29-42(30-34-46)40(3)4)56-26-14-18-44-16-6-8-20-48(44)56/h5-40H,1-4H3. The molecule has 0 spiro atoms. The van der Waals surface area contributed by atoms with E-state index in [1.807, 2.05) is 0 Å². The number of fused-ring (bicyclic) bond motifs is 12. The molecule has 0 radical (unpaired) electrons. The molecule has 68 heavy (non-hydrogen) atoms. The molecule has 0 aliphatic heterocycles. The third kappa shape index (κ3) is 6.28. The summed E-state index contributed by atoms with van der Waals surface area (Å²) in [6, 6.07) is 74.9. The Morgan fingerprint density at radius 3 is 1.04 bits per heavy atom. The smallest absolute Gasteiger partial charge is 0.138 e. The third-order valence-electron chi connectivity index (χ3n) is 14.2. The van der Waals surface area contributed by atoms with E-state index in [4.69, 9.17) is 8.83 Å². The molecule has 0 bridgehead atoms. The van der Waals surface area contributed by atoms with Gasteiger partial charge < -0.3 is 18.6 Å². The van der Waals surface area contributed by atoms with Crippen molar-refractivity contribution in [3.05, 3.63) is 217 Å². The van der Waals surface area contributed by atoms with E-state index in [-0.39, 0.29) is 0 Å². The molecule has 0 amide bonds. The SMILES string of the molecule is CC(C)c1ccc(N(c2cccc3ccccc23)c2cc3oc4cc5c(cc4c3c3ccccc23)oc2cc(N(c3ccc(C(C)C)cc3)c3cccc4ccccc34)c3ccccc3c25)cc1. The van der Waals surface area contributed by atoms with E-state index in [0.717, 1.165) is 99.5 Å². The van der Waals surface area contributed by atoms with E-state index in [2.05, 4.69) is 244 Å². The van der Waals surface area contributed by atoms with Crippen LogP contribution >= 0.6 is 0 Å². The van der Waals surface area contributed by atoms with Gasteiger partial charge >= 0.3 is 0 Å². The van der Waals surface area contributed by atoms with Crippen LogP contribution in [0.3, 0.4) is 0 Å². The summed E-state index contributed by atoms with van der Waals surface area (Å²) in [5, 5.41) is 13.5. The zero-order chi connectivity index (χ0) is 45.6. The molecule has 2 aromatic heterocycles. The molecule has 0 atom stereocenters. The van der Waals surface area contributed by atoms with Crippen LogP contribution in [0.15, 0.2) is 215 Å². The number of hydrogen-bond acceptors (Lipinski definition) is 4. The van der Waals surface area contributed by atoms with E-state index >= 15 is 0 Å². The lowest BCUT2D eigenvalue weighted by atomic mass is 9.98. The van der Waals surface area contributed by atoms with Gasteiger partial charge in [0.2, 0.25) is 0 Å². The van der Waals surface area contributed by atoms with E-state index in [1.165, 1.54) is 32.7 Å². The largest absolute Gasteiger partial charge is 0.456 e. The number of rotatable bonds is 8. The zero-order valence-electron chi connectivity index (χ0n) is 38.5. The Bertz CT molecular complexity index is 3820. The molecule has 0 aliphatic carbocycles. The molecule has 0 saturated carbocycles. The van der Waals surface area contributed by atoms with Gasteiger partial charge in [0.05, 0.1) is 22.7 Å². The minimum absolute atomic E-state index is 0.428. The lowest BCUT2D eigenvalue weighted by molar-refractivity contribution is 0.664. The second kappa shape index (κ2) is 15.6. The fraction of sp³-hybridized carbons (Fsp3) is 0.0938. The molecule has 2 heterocycles. The topological polar surface area (TPSA) is 32.8 Å². The van der Waals surface area contributed by atoms with Gasteiger partial charge in [0.15, 0.2) is 0 Å². The summed E-state index contributed by atoms with van der Waals surface area (Å²) in [4.78, 5) is 4.81. The first kappa shape index (κ1) is 40.0. The van der Waals surface area contributed by atoms with Gasteiger partial charge in [-0.2, -0.15) is 0 Å². The molecule has 4 nitrogen and oxygen atoms in total. The molecule has 13 aromatic rings. The molecule has 326 valence electrons. The predicted molar refractivity (Wildman–Crippen MR) is 289 cm³/mol. The summed E-state index contributed by atoms with van der Waals surface area (Å²) >= 11 is 0. The maximum Gasteiger partial charge on any atom is 0.138 e. The van der Waals surface area contributed by atoms with Gasteiger partial charge in [-0.1, -0.05) is 173 Å². The molecule has 4 heteroatoms. The summed E-state index contributed by atoms with van der Waals surface area (Å²) in [5.74, 6) is 0.857. The van der Waals surface area contributed by atoms with Crippen LogP contribution in [-0.2, 0) is 0 Å². The number of benzene rings is 11. The summed E-state index contributed by atoms with van der Waals surface area (Å²) in [6.07, 6.45) is 0. The molecule has 0 aliphatic rings. The zero-order valence-corrected chi connectivity index (χ0v) is 38.5. The average molecular weight is 877 g/mol. The minimum atomic E-state index is 0.428. The first-order valence-electron chi connectivity index (χ1n) is 23.8. The second-order valence-electron chi connectivity index (χ2n) is 18.8. The van der Waals surface area contributed by atoms with Crippen LogP contribution in [-0.4, -0.2) is 0 Å². The van der Waals surface area contributed by atoms with Gasteiger partial charge in [-0.3, -0.25) is 0 Å². The lowest BCUT2D eigenvalue weighted by Crippen LogP contribution is -2.11. The highest BCUT2D eigenvalue weighted by atomic mass is 16.3. The average Bonchev–Trinajstić information content (AvgIpc) is 3.93. The molecule has 13 rings (SSSR count). The van der Waals surface area contributed by atoms with Gasteiger partial charge in [0.1, 0.15) is 22.3 Å². The van der Waals surface area contributed by atoms with Crippen LogP contribution < -0.4 is 9.80 Å². The molecule has 0 N–H and O–H groups in total. The van der Waals surface area contributed by atoms with Gasteiger partial charge in [0.25, 0.3) is 0 Å². The van der Waals surface area contributed by atoms with E-state index < -0.39 is 0 Å². The van der Waals surface area contributed by atoms with Crippen LogP contribution in [0.25, 0.3) is 87.0 Å². The van der Waals surface area contributed by atoms with Crippen LogP contribution in [0.2, 0.25) is 0 Å². The van der Waals surface area contributed by atoms with E-state index in [1.54, 1.807) is 0 Å². The van der Waals surface area contributed by atoms with Crippen molar-refractivity contribution in [1.82, 2.24) is 0 Å². The summed E-state index contributed by atoms with van der Waals surface area (Å²) in [6.45, 7) is 8.98. The van der Waals surface area contributed by atoms with Crippen molar-refractivity contribution >= 4 is 121 Å². The maximum absolute atomic E-state index is 7.07. The van der Waals surface area contributed by atoms with Crippen LogP contribution in [0.4, 0.5) is 34.1 Å². The monoisotopic (exact) mass is 876 g/mol. The third-order valence-corrected chi connectivity index (χ3v) is 14.2. The fourth-order valence-electron chi connectivity index (χ4n) is 10.7. The Morgan fingerprint density at radius 1 is 0.294 bits per heavy atom. The maximum atomic E-state index is 7.07. The number of anilines is 6. The van der Waals surface area contributed by atoms with Crippen LogP contribution in [0.1, 0.15) is 50.7 Å². The second-order valence-corrected chi connectivity index (χ2v) is 18.8. The Hall–Kier alpha value is -8.34. The number of hydrogen-bond donors (Lipinski definition) is 0. The van der Waals surface area contributed by atoms with Crippen molar-refractivity contribution in [3.63, 3.8) is 0 Å². The van der Waals surface area contributed by atoms with Gasteiger partial charge in [-0.15, -0.1) is 0 Å². The summed E-state index contributed by atoms with van der Waals surface area (Å²) < 4.78 is 14.1. The highest BCUT2D eigenvalue weighted by Crippen LogP contribution is 2.50.